The van der Waals surface area contributed by atoms with Gasteiger partial charge in [-0.3, -0.25) is 9.69 Å². The van der Waals surface area contributed by atoms with Crippen LogP contribution in [0.25, 0.3) is 0 Å². The van der Waals surface area contributed by atoms with Gasteiger partial charge in [0, 0.05) is 39.1 Å². The van der Waals surface area contributed by atoms with Crippen LogP contribution in [0.5, 0.6) is 0 Å². The van der Waals surface area contributed by atoms with Gasteiger partial charge in [-0.1, -0.05) is 47.1 Å². The predicted octanol–water partition coefficient (Wildman–Crippen LogP) is 5.28. The van der Waals surface area contributed by atoms with Crippen LogP contribution in [0.4, 0.5) is 22.1 Å². The zero-order valence-corrected chi connectivity index (χ0v) is 21.4. The third-order valence-electron chi connectivity index (χ3n) is 5.89. The van der Waals surface area contributed by atoms with E-state index in [1.54, 1.807) is 42.1 Å². The van der Waals surface area contributed by atoms with Gasteiger partial charge < -0.3 is 15.1 Å². The van der Waals surface area contributed by atoms with E-state index in [4.69, 9.17) is 23.2 Å². The van der Waals surface area contributed by atoms with Crippen molar-refractivity contribution in [3.8, 4) is 0 Å². The number of carbonyl (C=O) groups excluding carboxylic acids is 2. The average molecular weight is 529 g/mol. The molecule has 180 valence electrons. The number of para-hydroxylation sites is 1. The molecule has 1 aromatic heterocycles. The van der Waals surface area contributed by atoms with Crippen molar-refractivity contribution in [2.24, 2.45) is 0 Å². The molecule has 0 bridgehead atoms. The Hall–Kier alpha value is -3.01. The highest BCUT2D eigenvalue weighted by atomic mass is 35.5. The number of fused-ring (bicyclic) bond motifs is 2. The number of aromatic nitrogens is 2. The summed E-state index contributed by atoms with van der Waals surface area (Å²) in [7, 11) is 3.53. The van der Waals surface area contributed by atoms with Gasteiger partial charge in [0.1, 0.15) is 5.03 Å². The summed E-state index contributed by atoms with van der Waals surface area (Å²) in [5.41, 5.74) is 4.06. The molecule has 0 spiro atoms. The summed E-state index contributed by atoms with van der Waals surface area (Å²) in [5, 5.41) is 4.67. The summed E-state index contributed by atoms with van der Waals surface area (Å²) in [6.45, 7) is 1.26. The van der Waals surface area contributed by atoms with Crippen molar-refractivity contribution in [3.05, 3.63) is 69.3 Å². The van der Waals surface area contributed by atoms with Crippen LogP contribution in [0.3, 0.4) is 0 Å². The minimum atomic E-state index is -0.245. The Morgan fingerprint density at radius 3 is 2.66 bits per heavy atom. The van der Waals surface area contributed by atoms with Crippen molar-refractivity contribution in [1.82, 2.24) is 19.8 Å². The highest BCUT2D eigenvalue weighted by Gasteiger charge is 2.30. The van der Waals surface area contributed by atoms with Crippen molar-refractivity contribution >= 4 is 64.2 Å². The number of carbonyl (C=O) groups is 2. The SMILES string of the molecule is CN(C)C(=O)N1CCc2cc(Nc3ncc4c(n3)SCN(c3c(Cl)cccc3Cl)C4=O)ccc2C1. The first kappa shape index (κ1) is 23.7. The molecule has 11 heteroatoms. The molecule has 3 amide bonds. The van der Waals surface area contributed by atoms with Crippen LogP contribution in [-0.4, -0.2) is 58.2 Å². The smallest absolute Gasteiger partial charge is 0.319 e. The molecule has 3 aromatic rings. The molecule has 5 rings (SSSR count). The van der Waals surface area contributed by atoms with Gasteiger partial charge in [0.25, 0.3) is 5.91 Å². The lowest BCUT2D eigenvalue weighted by Crippen LogP contribution is -2.42. The minimum Gasteiger partial charge on any atom is -0.331 e. The van der Waals surface area contributed by atoms with E-state index in [0.717, 1.165) is 17.7 Å². The molecule has 8 nitrogen and oxygen atoms in total. The number of halogens is 2. The number of nitrogens with zero attached hydrogens (tertiary/aromatic N) is 5. The van der Waals surface area contributed by atoms with E-state index in [1.807, 2.05) is 17.0 Å². The van der Waals surface area contributed by atoms with Gasteiger partial charge in [-0.2, -0.15) is 0 Å². The zero-order chi connectivity index (χ0) is 24.7. The topological polar surface area (TPSA) is 81.7 Å². The molecule has 3 heterocycles. The van der Waals surface area contributed by atoms with Gasteiger partial charge in [0.2, 0.25) is 5.95 Å². The number of anilines is 3. The quantitative estimate of drug-likeness (QED) is 0.466. The first-order valence-corrected chi connectivity index (χ1v) is 12.7. The maximum Gasteiger partial charge on any atom is 0.319 e. The lowest BCUT2D eigenvalue weighted by Gasteiger charge is -2.31. The van der Waals surface area contributed by atoms with Crippen LogP contribution in [0, 0.1) is 0 Å². The molecule has 1 N–H and O–H groups in total. The van der Waals surface area contributed by atoms with Crippen LogP contribution >= 0.6 is 35.0 Å². The highest BCUT2D eigenvalue weighted by Crippen LogP contribution is 2.39. The Bertz CT molecular complexity index is 1320. The standard InChI is InChI=1S/C24H22Cl2N6O2S/c1-30(2)24(34)31-9-8-14-10-16(7-6-15(14)12-31)28-23-27-11-17-21(29-23)35-13-32(22(17)33)20-18(25)4-3-5-19(20)26/h3-7,10-11H,8-9,12-13H2,1-2H3,(H,27,28,29). The number of amides is 3. The number of benzene rings is 2. The Balaban J connectivity index is 1.32. The van der Waals surface area contributed by atoms with Crippen LogP contribution in [0.15, 0.2) is 47.6 Å². The van der Waals surface area contributed by atoms with Crippen LogP contribution in [0.1, 0.15) is 21.5 Å². The van der Waals surface area contributed by atoms with Gasteiger partial charge >= 0.3 is 6.03 Å². The summed E-state index contributed by atoms with van der Waals surface area (Å²) >= 11 is 14.0. The van der Waals surface area contributed by atoms with E-state index in [-0.39, 0.29) is 11.9 Å². The summed E-state index contributed by atoms with van der Waals surface area (Å²) in [6.07, 6.45) is 2.31. The van der Waals surface area contributed by atoms with E-state index >= 15 is 0 Å². The molecule has 0 saturated carbocycles. The summed E-state index contributed by atoms with van der Waals surface area (Å²) < 4.78 is 0. The fourth-order valence-electron chi connectivity index (χ4n) is 4.13. The highest BCUT2D eigenvalue weighted by molar-refractivity contribution is 7.99. The second kappa shape index (κ2) is 9.56. The Labute approximate surface area is 217 Å². The molecule has 35 heavy (non-hydrogen) atoms. The molecular weight excluding hydrogens is 507 g/mol. The largest absolute Gasteiger partial charge is 0.331 e. The van der Waals surface area contributed by atoms with Crippen molar-refractivity contribution in [2.45, 2.75) is 18.0 Å². The zero-order valence-electron chi connectivity index (χ0n) is 19.1. The maximum atomic E-state index is 13.1. The minimum absolute atomic E-state index is 0.0164. The first-order chi connectivity index (χ1) is 16.8. The van der Waals surface area contributed by atoms with Gasteiger partial charge in [-0.15, -0.1) is 0 Å². The number of hydrogen-bond acceptors (Lipinski definition) is 6. The molecule has 2 aromatic carbocycles. The third kappa shape index (κ3) is 4.63. The molecule has 0 atom stereocenters. The van der Waals surface area contributed by atoms with Crippen LogP contribution < -0.4 is 10.2 Å². The van der Waals surface area contributed by atoms with Gasteiger partial charge in [0.05, 0.1) is 27.2 Å². The molecule has 0 unspecified atom stereocenters. The average Bonchev–Trinajstić information content (AvgIpc) is 2.84. The van der Waals surface area contributed by atoms with E-state index in [0.29, 0.717) is 51.2 Å². The number of rotatable bonds is 3. The predicted molar refractivity (Wildman–Crippen MR) is 139 cm³/mol. The second-order valence-corrected chi connectivity index (χ2v) is 10.2. The molecule has 2 aliphatic rings. The molecule has 0 saturated heterocycles. The van der Waals surface area contributed by atoms with Crippen molar-refractivity contribution < 1.29 is 9.59 Å². The molecular formula is C24H22Cl2N6O2S. The summed E-state index contributed by atoms with van der Waals surface area (Å²) in [5.74, 6) is 0.506. The van der Waals surface area contributed by atoms with Gasteiger partial charge in [0.15, 0.2) is 0 Å². The number of nitrogens with one attached hydrogen (secondary N) is 1. The summed E-state index contributed by atoms with van der Waals surface area (Å²) in [4.78, 5) is 39.3. The normalized spacial score (nSPS) is 14.9. The Morgan fingerprint density at radius 1 is 1.14 bits per heavy atom. The van der Waals surface area contributed by atoms with Crippen molar-refractivity contribution in [3.63, 3.8) is 0 Å². The first-order valence-electron chi connectivity index (χ1n) is 10.9. The lowest BCUT2D eigenvalue weighted by atomic mass is 9.99. The van der Waals surface area contributed by atoms with Crippen molar-refractivity contribution in [2.75, 3.05) is 36.7 Å². The molecule has 0 fully saturated rings. The van der Waals surface area contributed by atoms with E-state index < -0.39 is 0 Å². The van der Waals surface area contributed by atoms with Crippen LogP contribution in [-0.2, 0) is 13.0 Å². The fourth-order valence-corrected chi connectivity index (χ4v) is 5.68. The Kier molecular flexibility index (Phi) is 6.48. The second-order valence-electron chi connectivity index (χ2n) is 8.45. The number of hydrogen-bond donors (Lipinski definition) is 1. The maximum absolute atomic E-state index is 13.1. The van der Waals surface area contributed by atoms with Gasteiger partial charge in [-0.05, 0) is 41.8 Å². The Morgan fingerprint density at radius 2 is 1.91 bits per heavy atom. The summed E-state index contributed by atoms with van der Waals surface area (Å²) in [6, 6.07) is 11.2. The van der Waals surface area contributed by atoms with E-state index in [1.165, 1.54) is 23.5 Å². The molecule has 0 aliphatic carbocycles. The monoisotopic (exact) mass is 528 g/mol. The molecule has 0 radical (unpaired) electrons. The fraction of sp³-hybridized carbons (Fsp3) is 0.250. The lowest BCUT2D eigenvalue weighted by molar-refractivity contribution is 0.0985. The number of thioether (sulfide) groups is 1. The number of urea groups is 1. The van der Waals surface area contributed by atoms with Crippen molar-refractivity contribution in [1.29, 1.82) is 0 Å². The van der Waals surface area contributed by atoms with Gasteiger partial charge in [-0.25, -0.2) is 14.8 Å². The van der Waals surface area contributed by atoms with E-state index in [2.05, 4.69) is 21.4 Å². The molecule has 2 aliphatic heterocycles. The third-order valence-corrected chi connectivity index (χ3v) is 7.48. The van der Waals surface area contributed by atoms with E-state index in [9.17, 15) is 9.59 Å². The van der Waals surface area contributed by atoms with Crippen LogP contribution in [0.2, 0.25) is 10.0 Å².